The van der Waals surface area contributed by atoms with E-state index in [-0.39, 0.29) is 23.5 Å². The molecule has 4 rings (SSSR count). The molecule has 29 heavy (non-hydrogen) atoms. The number of methoxy groups -OCH3 is 1. The molecular weight excluding hydrogens is 367 g/mol. The molecule has 2 aliphatic rings. The van der Waals surface area contributed by atoms with Gasteiger partial charge in [-0.1, -0.05) is 36.8 Å². The number of halogens is 1. The number of ether oxygens (including phenoxy) is 1. The molecule has 154 valence electrons. The lowest BCUT2D eigenvalue weighted by Gasteiger charge is -2.55. The van der Waals surface area contributed by atoms with Crippen molar-refractivity contribution in [1.29, 1.82) is 0 Å². The molecule has 1 aliphatic heterocycles. The van der Waals surface area contributed by atoms with Gasteiger partial charge in [-0.3, -0.25) is 4.90 Å². The maximum Gasteiger partial charge on any atom is 0.150 e. The molecule has 2 aromatic carbocycles. The van der Waals surface area contributed by atoms with Crippen LogP contribution >= 0.6 is 0 Å². The predicted molar refractivity (Wildman–Crippen MR) is 113 cm³/mol. The van der Waals surface area contributed by atoms with E-state index in [1.807, 2.05) is 12.1 Å². The molecule has 0 amide bonds. The number of hydrogen-bond donors (Lipinski definition) is 2. The fourth-order valence-electron chi connectivity index (χ4n) is 5.46. The summed E-state index contributed by atoms with van der Waals surface area (Å²) in [5.41, 5.74) is 8.02. The molecular formula is C23H29FN4O. The zero-order valence-electron chi connectivity index (χ0n) is 16.9. The number of fused-ring (bicyclic) bond motifs is 2. The van der Waals surface area contributed by atoms with Crippen molar-refractivity contribution >= 4 is 5.84 Å². The van der Waals surface area contributed by atoms with Crippen LogP contribution in [0.25, 0.3) is 0 Å². The molecule has 6 heteroatoms. The number of piperidine rings is 1. The fraction of sp³-hybridized carbons (Fsp3) is 0.435. The second-order valence-corrected chi connectivity index (χ2v) is 8.24. The standard InChI is InChI=1S/C23H29FN4O/c1-29-23(20-10-17(22(25)27-26)11-21(24)12-20)18-8-5-9-19(23)15-28(14-18)13-16-6-3-2-4-7-16/h2-4,6-7,10-12,18-19H,5,8-9,13-15,26H2,1H3,(H2,25,27). The van der Waals surface area contributed by atoms with E-state index in [0.29, 0.717) is 5.56 Å². The first-order chi connectivity index (χ1) is 14.1. The minimum Gasteiger partial charge on any atom is -0.382 e. The van der Waals surface area contributed by atoms with Crippen LogP contribution in [0.1, 0.15) is 36.0 Å². The maximum atomic E-state index is 14.5. The number of likely N-dealkylation sites (tertiary alicyclic amines) is 1. The predicted octanol–water partition coefficient (Wildman–Crippen LogP) is 3.18. The van der Waals surface area contributed by atoms with Crippen LogP contribution in [0, 0.1) is 17.7 Å². The highest BCUT2D eigenvalue weighted by Crippen LogP contribution is 2.51. The molecule has 2 unspecified atom stereocenters. The molecule has 1 heterocycles. The lowest BCUT2D eigenvalue weighted by molar-refractivity contribution is -0.170. The third-order valence-electron chi connectivity index (χ3n) is 6.65. The van der Waals surface area contributed by atoms with Gasteiger partial charge >= 0.3 is 0 Å². The topological polar surface area (TPSA) is 76.9 Å². The molecule has 2 bridgehead atoms. The van der Waals surface area contributed by atoms with Gasteiger partial charge in [0.25, 0.3) is 0 Å². The number of benzene rings is 2. The smallest absolute Gasteiger partial charge is 0.150 e. The Morgan fingerprint density at radius 2 is 1.86 bits per heavy atom. The summed E-state index contributed by atoms with van der Waals surface area (Å²) < 4.78 is 20.8. The van der Waals surface area contributed by atoms with Crippen LogP contribution in [-0.4, -0.2) is 30.9 Å². The first-order valence-electron chi connectivity index (χ1n) is 10.2. The van der Waals surface area contributed by atoms with E-state index in [4.69, 9.17) is 16.3 Å². The van der Waals surface area contributed by atoms with E-state index in [1.54, 1.807) is 13.2 Å². The Kier molecular flexibility index (Phi) is 5.56. The highest BCUT2D eigenvalue weighted by molar-refractivity contribution is 5.97. The van der Waals surface area contributed by atoms with E-state index >= 15 is 0 Å². The minimum absolute atomic E-state index is 0.128. The van der Waals surface area contributed by atoms with Gasteiger partial charge in [0.1, 0.15) is 17.3 Å². The van der Waals surface area contributed by atoms with E-state index in [2.05, 4.69) is 34.3 Å². The van der Waals surface area contributed by atoms with Crippen LogP contribution in [0.5, 0.6) is 0 Å². The van der Waals surface area contributed by atoms with Gasteiger partial charge in [0.05, 0.1) is 0 Å². The van der Waals surface area contributed by atoms with E-state index in [1.165, 1.54) is 18.1 Å². The third-order valence-corrected chi connectivity index (χ3v) is 6.65. The summed E-state index contributed by atoms with van der Waals surface area (Å²) in [4.78, 5) is 2.51. The SMILES string of the molecule is COC1(c2cc(F)cc(/C(N)=N/N)c2)C2CCCC1CN(Cc1ccccc1)C2. The van der Waals surface area contributed by atoms with Gasteiger partial charge in [0.15, 0.2) is 0 Å². The molecule has 0 aromatic heterocycles. The molecule has 0 spiro atoms. The van der Waals surface area contributed by atoms with Crippen LogP contribution in [0.15, 0.2) is 53.6 Å². The lowest BCUT2D eigenvalue weighted by Crippen LogP contribution is -2.58. The summed E-state index contributed by atoms with van der Waals surface area (Å²) in [6, 6.07) is 15.4. The second-order valence-electron chi connectivity index (χ2n) is 8.24. The van der Waals surface area contributed by atoms with Crippen molar-refractivity contribution in [3.63, 3.8) is 0 Å². The fourth-order valence-corrected chi connectivity index (χ4v) is 5.46. The summed E-state index contributed by atoms with van der Waals surface area (Å²) in [6.07, 6.45) is 3.29. The average molecular weight is 397 g/mol. The van der Waals surface area contributed by atoms with Gasteiger partial charge in [0.2, 0.25) is 0 Å². The Hall–Kier alpha value is -2.44. The first-order valence-corrected chi connectivity index (χ1v) is 10.2. The lowest BCUT2D eigenvalue weighted by atomic mass is 9.62. The minimum atomic E-state index is -0.517. The van der Waals surface area contributed by atoms with Gasteiger partial charge in [0, 0.05) is 44.1 Å². The van der Waals surface area contributed by atoms with Crippen molar-refractivity contribution in [3.8, 4) is 0 Å². The molecule has 1 saturated carbocycles. The summed E-state index contributed by atoms with van der Waals surface area (Å²) in [5.74, 6) is 5.69. The van der Waals surface area contributed by atoms with Crippen LogP contribution < -0.4 is 11.6 Å². The van der Waals surface area contributed by atoms with Gasteiger partial charge in [-0.15, -0.1) is 0 Å². The summed E-state index contributed by atoms with van der Waals surface area (Å²) in [5, 5.41) is 3.54. The van der Waals surface area contributed by atoms with Crippen LogP contribution in [0.4, 0.5) is 4.39 Å². The Morgan fingerprint density at radius 1 is 1.17 bits per heavy atom. The van der Waals surface area contributed by atoms with Crippen molar-refractivity contribution in [1.82, 2.24) is 4.90 Å². The Morgan fingerprint density at radius 3 is 2.48 bits per heavy atom. The highest BCUT2D eigenvalue weighted by Gasteiger charge is 2.53. The first kappa shape index (κ1) is 19.9. The average Bonchev–Trinajstić information content (AvgIpc) is 2.73. The molecule has 2 atom stereocenters. The van der Waals surface area contributed by atoms with Crippen molar-refractivity contribution in [3.05, 3.63) is 71.0 Å². The summed E-state index contributed by atoms with van der Waals surface area (Å²) >= 11 is 0. The van der Waals surface area contributed by atoms with Crippen molar-refractivity contribution < 1.29 is 9.13 Å². The normalized spacial score (nSPS) is 27.7. The van der Waals surface area contributed by atoms with Crippen molar-refractivity contribution in [2.24, 2.45) is 28.5 Å². The Balaban J connectivity index is 1.68. The van der Waals surface area contributed by atoms with E-state index < -0.39 is 5.60 Å². The van der Waals surface area contributed by atoms with Crippen molar-refractivity contribution in [2.45, 2.75) is 31.4 Å². The van der Waals surface area contributed by atoms with Gasteiger partial charge < -0.3 is 16.3 Å². The van der Waals surface area contributed by atoms with Crippen LogP contribution in [0.3, 0.4) is 0 Å². The highest BCUT2D eigenvalue weighted by atomic mass is 19.1. The second kappa shape index (κ2) is 8.13. The van der Waals surface area contributed by atoms with E-state index in [9.17, 15) is 4.39 Å². The Bertz CT molecular complexity index is 872. The summed E-state index contributed by atoms with van der Waals surface area (Å²) in [7, 11) is 1.75. The molecule has 0 radical (unpaired) electrons. The maximum absolute atomic E-state index is 14.5. The number of nitrogens with two attached hydrogens (primary N) is 2. The molecule has 1 saturated heterocycles. The number of amidine groups is 1. The van der Waals surface area contributed by atoms with Gasteiger partial charge in [-0.25, -0.2) is 4.39 Å². The monoisotopic (exact) mass is 396 g/mol. The van der Waals surface area contributed by atoms with Crippen molar-refractivity contribution in [2.75, 3.05) is 20.2 Å². The quantitative estimate of drug-likeness (QED) is 0.352. The molecule has 2 aromatic rings. The molecule has 2 fully saturated rings. The molecule has 4 N–H and O–H groups in total. The number of rotatable bonds is 5. The van der Waals surface area contributed by atoms with Gasteiger partial charge in [-0.05, 0) is 42.2 Å². The number of hydrogen-bond acceptors (Lipinski definition) is 4. The zero-order valence-corrected chi connectivity index (χ0v) is 16.9. The van der Waals surface area contributed by atoms with Crippen LogP contribution in [-0.2, 0) is 16.9 Å². The van der Waals surface area contributed by atoms with Gasteiger partial charge in [-0.2, -0.15) is 5.10 Å². The molecule has 5 nitrogen and oxygen atoms in total. The molecule has 1 aliphatic carbocycles. The Labute approximate surface area is 171 Å². The number of hydrazone groups is 1. The van der Waals surface area contributed by atoms with Crippen LogP contribution in [0.2, 0.25) is 0 Å². The third kappa shape index (κ3) is 3.63. The zero-order chi connectivity index (χ0) is 20.4. The van der Waals surface area contributed by atoms with E-state index in [0.717, 1.165) is 38.0 Å². The number of nitrogens with zero attached hydrogens (tertiary/aromatic N) is 2. The summed E-state index contributed by atoms with van der Waals surface area (Å²) in [6.45, 7) is 2.77. The largest absolute Gasteiger partial charge is 0.382 e.